The first-order chi connectivity index (χ1) is 8.84. The van der Waals surface area contributed by atoms with Crippen LogP contribution in [0.2, 0.25) is 0 Å². The minimum Gasteiger partial charge on any atom is -0.367 e. The normalized spacial score (nSPS) is 17.8. The van der Waals surface area contributed by atoms with Gasteiger partial charge in [-0.3, -0.25) is 4.68 Å². The third kappa shape index (κ3) is 2.17. The highest BCUT2D eigenvalue weighted by molar-refractivity contribution is 5.86. The molecule has 5 heteroatoms. The largest absolute Gasteiger partial charge is 0.367 e. The SMILES string of the molecule is Cn1ncc2c(NC3CCCCCC3)ncnc21. The van der Waals surface area contributed by atoms with Crippen LogP contribution in [0.5, 0.6) is 0 Å². The van der Waals surface area contributed by atoms with Crippen molar-refractivity contribution in [2.24, 2.45) is 7.05 Å². The Balaban J connectivity index is 1.85. The molecule has 0 atom stereocenters. The zero-order valence-electron chi connectivity index (χ0n) is 10.8. The summed E-state index contributed by atoms with van der Waals surface area (Å²) in [5.41, 5.74) is 0.890. The molecule has 1 fully saturated rings. The van der Waals surface area contributed by atoms with Gasteiger partial charge in [0, 0.05) is 13.1 Å². The van der Waals surface area contributed by atoms with Crippen molar-refractivity contribution >= 4 is 16.9 Å². The average Bonchev–Trinajstić information content (AvgIpc) is 2.62. The lowest BCUT2D eigenvalue weighted by Gasteiger charge is -2.16. The first-order valence-electron chi connectivity index (χ1n) is 6.74. The van der Waals surface area contributed by atoms with Crippen molar-refractivity contribution in [1.82, 2.24) is 19.7 Å². The Morgan fingerprint density at radius 3 is 2.72 bits per heavy atom. The molecule has 2 aromatic heterocycles. The van der Waals surface area contributed by atoms with Crippen LogP contribution < -0.4 is 5.32 Å². The molecule has 0 aliphatic heterocycles. The van der Waals surface area contributed by atoms with E-state index in [1.54, 1.807) is 11.0 Å². The third-order valence-corrected chi connectivity index (χ3v) is 3.73. The molecule has 0 aromatic carbocycles. The summed E-state index contributed by atoms with van der Waals surface area (Å²) in [6, 6.07) is 0.547. The van der Waals surface area contributed by atoms with Crippen molar-refractivity contribution in [3.63, 3.8) is 0 Å². The number of anilines is 1. The molecule has 2 heterocycles. The fraction of sp³-hybridized carbons (Fsp3) is 0.615. The van der Waals surface area contributed by atoms with Crippen molar-refractivity contribution in [2.75, 3.05) is 5.32 Å². The van der Waals surface area contributed by atoms with Crippen LogP contribution in [0.4, 0.5) is 5.82 Å². The molecule has 18 heavy (non-hydrogen) atoms. The molecule has 0 amide bonds. The summed E-state index contributed by atoms with van der Waals surface area (Å²) >= 11 is 0. The second-order valence-electron chi connectivity index (χ2n) is 5.06. The number of fused-ring (bicyclic) bond motifs is 1. The van der Waals surface area contributed by atoms with Gasteiger partial charge < -0.3 is 5.32 Å². The zero-order valence-corrected chi connectivity index (χ0v) is 10.8. The van der Waals surface area contributed by atoms with Crippen LogP contribution in [-0.2, 0) is 7.05 Å². The van der Waals surface area contributed by atoms with Gasteiger partial charge in [0.05, 0.1) is 11.6 Å². The molecule has 1 N–H and O–H groups in total. The second kappa shape index (κ2) is 4.92. The van der Waals surface area contributed by atoms with E-state index in [1.165, 1.54) is 38.5 Å². The van der Waals surface area contributed by atoms with Gasteiger partial charge in [-0.15, -0.1) is 0 Å². The number of aromatic nitrogens is 4. The highest BCUT2D eigenvalue weighted by atomic mass is 15.3. The predicted molar refractivity (Wildman–Crippen MR) is 71.4 cm³/mol. The van der Waals surface area contributed by atoms with Gasteiger partial charge >= 0.3 is 0 Å². The van der Waals surface area contributed by atoms with E-state index in [9.17, 15) is 0 Å². The van der Waals surface area contributed by atoms with Crippen LogP contribution in [0, 0.1) is 0 Å². The van der Waals surface area contributed by atoms with E-state index in [2.05, 4.69) is 20.4 Å². The summed E-state index contributed by atoms with van der Waals surface area (Å²) in [5.74, 6) is 0.931. The monoisotopic (exact) mass is 245 g/mol. The van der Waals surface area contributed by atoms with Crippen LogP contribution in [0.15, 0.2) is 12.5 Å². The minimum atomic E-state index is 0.547. The first-order valence-corrected chi connectivity index (χ1v) is 6.74. The Morgan fingerprint density at radius 1 is 1.17 bits per heavy atom. The van der Waals surface area contributed by atoms with E-state index in [-0.39, 0.29) is 0 Å². The fourth-order valence-corrected chi connectivity index (χ4v) is 2.69. The highest BCUT2D eigenvalue weighted by Gasteiger charge is 2.15. The maximum absolute atomic E-state index is 4.37. The maximum Gasteiger partial charge on any atom is 0.163 e. The van der Waals surface area contributed by atoms with Gasteiger partial charge in [0.15, 0.2) is 5.65 Å². The van der Waals surface area contributed by atoms with Crippen molar-refractivity contribution in [1.29, 1.82) is 0 Å². The summed E-state index contributed by atoms with van der Waals surface area (Å²) < 4.78 is 1.79. The quantitative estimate of drug-likeness (QED) is 0.826. The number of nitrogens with zero attached hydrogens (tertiary/aromatic N) is 4. The van der Waals surface area contributed by atoms with Crippen LogP contribution in [0.25, 0.3) is 11.0 Å². The predicted octanol–water partition coefficient (Wildman–Crippen LogP) is 2.50. The topological polar surface area (TPSA) is 55.6 Å². The lowest BCUT2D eigenvalue weighted by atomic mass is 10.1. The number of hydrogen-bond donors (Lipinski definition) is 1. The fourth-order valence-electron chi connectivity index (χ4n) is 2.69. The maximum atomic E-state index is 4.37. The van der Waals surface area contributed by atoms with E-state index in [1.807, 2.05) is 13.2 Å². The Hall–Kier alpha value is -1.65. The van der Waals surface area contributed by atoms with Crippen LogP contribution >= 0.6 is 0 Å². The van der Waals surface area contributed by atoms with Gasteiger partial charge in [-0.1, -0.05) is 25.7 Å². The Labute approximate surface area is 107 Å². The Kier molecular flexibility index (Phi) is 3.13. The van der Waals surface area contributed by atoms with E-state index >= 15 is 0 Å². The van der Waals surface area contributed by atoms with Gasteiger partial charge in [0.1, 0.15) is 12.1 Å². The molecule has 0 saturated heterocycles. The molecule has 5 nitrogen and oxygen atoms in total. The van der Waals surface area contributed by atoms with Crippen molar-refractivity contribution in [3.05, 3.63) is 12.5 Å². The molecule has 3 rings (SSSR count). The standard InChI is InChI=1S/C13H19N5/c1-18-13-11(8-16-18)12(14-9-15-13)17-10-6-4-2-3-5-7-10/h8-10H,2-7H2,1H3,(H,14,15,17). The summed E-state index contributed by atoms with van der Waals surface area (Å²) in [6.07, 6.45) is 11.3. The van der Waals surface area contributed by atoms with Crippen molar-refractivity contribution in [3.8, 4) is 0 Å². The Morgan fingerprint density at radius 2 is 1.94 bits per heavy atom. The average molecular weight is 245 g/mol. The number of nitrogens with one attached hydrogen (secondary N) is 1. The second-order valence-corrected chi connectivity index (χ2v) is 5.06. The van der Waals surface area contributed by atoms with Crippen LogP contribution in [0.3, 0.4) is 0 Å². The molecule has 0 bridgehead atoms. The van der Waals surface area contributed by atoms with Crippen LogP contribution in [0.1, 0.15) is 38.5 Å². The van der Waals surface area contributed by atoms with Crippen molar-refractivity contribution in [2.45, 2.75) is 44.6 Å². The summed E-state index contributed by atoms with van der Waals surface area (Å²) in [6.45, 7) is 0. The summed E-state index contributed by atoms with van der Waals surface area (Å²) in [4.78, 5) is 8.63. The number of rotatable bonds is 2. The minimum absolute atomic E-state index is 0.547. The lowest BCUT2D eigenvalue weighted by Crippen LogP contribution is -2.19. The Bertz CT molecular complexity index is 525. The van der Waals surface area contributed by atoms with Gasteiger partial charge in [0.2, 0.25) is 0 Å². The van der Waals surface area contributed by atoms with Gasteiger partial charge in [-0.2, -0.15) is 5.10 Å². The molecule has 1 aliphatic rings. The van der Waals surface area contributed by atoms with E-state index in [0.29, 0.717) is 6.04 Å². The van der Waals surface area contributed by atoms with Gasteiger partial charge in [-0.25, -0.2) is 9.97 Å². The summed E-state index contributed by atoms with van der Waals surface area (Å²) in [5, 5.41) is 8.83. The van der Waals surface area contributed by atoms with Crippen LogP contribution in [-0.4, -0.2) is 25.8 Å². The summed E-state index contributed by atoms with van der Waals surface area (Å²) in [7, 11) is 1.91. The molecule has 1 saturated carbocycles. The smallest absolute Gasteiger partial charge is 0.163 e. The van der Waals surface area contributed by atoms with E-state index in [4.69, 9.17) is 0 Å². The number of aryl methyl sites for hydroxylation is 1. The third-order valence-electron chi connectivity index (χ3n) is 3.73. The molecule has 2 aromatic rings. The highest BCUT2D eigenvalue weighted by Crippen LogP contribution is 2.23. The molecule has 0 spiro atoms. The van der Waals surface area contributed by atoms with E-state index in [0.717, 1.165) is 16.9 Å². The molecule has 0 radical (unpaired) electrons. The van der Waals surface area contributed by atoms with E-state index < -0.39 is 0 Å². The first kappa shape index (κ1) is 11.4. The molecule has 0 unspecified atom stereocenters. The van der Waals surface area contributed by atoms with Crippen molar-refractivity contribution < 1.29 is 0 Å². The lowest BCUT2D eigenvalue weighted by molar-refractivity contribution is 0.618. The molecular formula is C13H19N5. The zero-order chi connectivity index (χ0) is 12.4. The van der Waals surface area contributed by atoms with Gasteiger partial charge in [-0.05, 0) is 12.8 Å². The molecule has 96 valence electrons. The van der Waals surface area contributed by atoms with Gasteiger partial charge in [0.25, 0.3) is 0 Å². The number of hydrogen-bond acceptors (Lipinski definition) is 4. The molecular weight excluding hydrogens is 226 g/mol. The molecule has 1 aliphatic carbocycles.